The zero-order valence-electron chi connectivity index (χ0n) is 19.0. The van der Waals surface area contributed by atoms with Crippen LogP contribution < -0.4 is 4.74 Å². The van der Waals surface area contributed by atoms with E-state index >= 15 is 0 Å². The van der Waals surface area contributed by atoms with Gasteiger partial charge in [-0.2, -0.15) is 0 Å². The molecule has 0 saturated heterocycles. The predicted octanol–water partition coefficient (Wildman–Crippen LogP) is 7.49. The Hall–Kier alpha value is -4.08. The Balaban J connectivity index is 1.39. The van der Waals surface area contributed by atoms with Crippen LogP contribution in [0.5, 0.6) is 5.75 Å². The van der Waals surface area contributed by atoms with Crippen LogP contribution in [0.25, 0.3) is 10.8 Å². The SMILES string of the molecule is CCCCCOc1ccc(C#Cc2ccc(C#Cc3ccc4cc(F)c(F)cc4c3)cc2)cc1. The lowest BCUT2D eigenvalue weighted by atomic mass is 10.1. The first kappa shape index (κ1) is 23.1. The number of hydrogen-bond acceptors (Lipinski definition) is 1. The minimum absolute atomic E-state index is 0.618. The van der Waals surface area contributed by atoms with Gasteiger partial charge in [0.15, 0.2) is 11.6 Å². The van der Waals surface area contributed by atoms with Gasteiger partial charge in [0.1, 0.15) is 5.75 Å². The molecule has 0 spiro atoms. The average Bonchev–Trinajstić information content (AvgIpc) is 2.86. The van der Waals surface area contributed by atoms with E-state index in [1.54, 1.807) is 18.2 Å². The van der Waals surface area contributed by atoms with E-state index in [0.717, 1.165) is 41.0 Å². The van der Waals surface area contributed by atoms with Crippen LogP contribution in [-0.4, -0.2) is 6.61 Å². The monoisotopic (exact) mass is 450 g/mol. The van der Waals surface area contributed by atoms with Gasteiger partial charge in [0.05, 0.1) is 6.61 Å². The fraction of sp³-hybridized carbons (Fsp3) is 0.161. The molecule has 0 saturated carbocycles. The van der Waals surface area contributed by atoms with Crippen molar-refractivity contribution in [3.05, 3.63) is 113 Å². The minimum atomic E-state index is -0.860. The van der Waals surface area contributed by atoms with Gasteiger partial charge in [-0.3, -0.25) is 0 Å². The Morgan fingerprint density at radius 2 is 1.09 bits per heavy atom. The van der Waals surface area contributed by atoms with Gasteiger partial charge in [0, 0.05) is 22.3 Å². The molecule has 0 aliphatic carbocycles. The molecule has 168 valence electrons. The third-order valence-corrected chi connectivity index (χ3v) is 5.34. The van der Waals surface area contributed by atoms with Crippen molar-refractivity contribution in [3.8, 4) is 29.4 Å². The summed E-state index contributed by atoms with van der Waals surface area (Å²) >= 11 is 0. The summed E-state index contributed by atoms with van der Waals surface area (Å²) in [7, 11) is 0. The molecule has 0 radical (unpaired) electrons. The Morgan fingerprint density at radius 1 is 0.588 bits per heavy atom. The van der Waals surface area contributed by atoms with Crippen LogP contribution in [0.15, 0.2) is 78.9 Å². The number of hydrogen-bond donors (Lipinski definition) is 0. The van der Waals surface area contributed by atoms with Gasteiger partial charge >= 0.3 is 0 Å². The molecule has 4 rings (SSSR count). The van der Waals surface area contributed by atoms with Crippen molar-refractivity contribution >= 4 is 10.8 Å². The van der Waals surface area contributed by atoms with Gasteiger partial charge in [-0.25, -0.2) is 8.78 Å². The van der Waals surface area contributed by atoms with Crippen molar-refractivity contribution in [1.29, 1.82) is 0 Å². The Bertz CT molecular complexity index is 1400. The second-order valence-corrected chi connectivity index (χ2v) is 7.99. The summed E-state index contributed by atoms with van der Waals surface area (Å²) in [5.41, 5.74) is 3.41. The van der Waals surface area contributed by atoms with Crippen molar-refractivity contribution in [3.63, 3.8) is 0 Å². The molecule has 0 fully saturated rings. The van der Waals surface area contributed by atoms with Gasteiger partial charge in [-0.15, -0.1) is 0 Å². The standard InChI is InChI=1S/C31H24F2O/c1-2-3-4-19-34-29-17-14-25(15-18-29)10-9-23-5-7-24(8-6-23)11-12-26-13-16-27-21-30(32)31(33)22-28(27)20-26/h5-8,13-18,20-22H,2-4,19H2,1H3. The third-order valence-electron chi connectivity index (χ3n) is 5.34. The third kappa shape index (κ3) is 6.25. The van der Waals surface area contributed by atoms with E-state index < -0.39 is 11.6 Å². The Morgan fingerprint density at radius 3 is 1.68 bits per heavy atom. The van der Waals surface area contributed by atoms with Crippen LogP contribution in [0.3, 0.4) is 0 Å². The van der Waals surface area contributed by atoms with Gasteiger partial charge in [-0.05, 0) is 90.0 Å². The van der Waals surface area contributed by atoms with Crippen LogP contribution in [0.4, 0.5) is 8.78 Å². The molecule has 1 nitrogen and oxygen atoms in total. The maximum Gasteiger partial charge on any atom is 0.159 e. The van der Waals surface area contributed by atoms with E-state index in [0.29, 0.717) is 10.8 Å². The van der Waals surface area contributed by atoms with Crippen LogP contribution in [0, 0.1) is 35.3 Å². The Kier molecular flexibility index (Phi) is 7.59. The molecule has 0 amide bonds. The van der Waals surface area contributed by atoms with Crippen molar-refractivity contribution in [2.24, 2.45) is 0 Å². The van der Waals surface area contributed by atoms with Gasteiger partial charge in [0.25, 0.3) is 0 Å². The van der Waals surface area contributed by atoms with Crippen molar-refractivity contribution < 1.29 is 13.5 Å². The number of fused-ring (bicyclic) bond motifs is 1. The van der Waals surface area contributed by atoms with Crippen LogP contribution in [-0.2, 0) is 0 Å². The van der Waals surface area contributed by atoms with E-state index in [-0.39, 0.29) is 0 Å². The lowest BCUT2D eigenvalue weighted by molar-refractivity contribution is 0.306. The quantitative estimate of drug-likeness (QED) is 0.226. The largest absolute Gasteiger partial charge is 0.494 e. The minimum Gasteiger partial charge on any atom is -0.494 e. The van der Waals surface area contributed by atoms with Gasteiger partial charge in [-0.1, -0.05) is 49.5 Å². The highest BCUT2D eigenvalue weighted by Gasteiger charge is 2.04. The highest BCUT2D eigenvalue weighted by Crippen LogP contribution is 2.20. The molecule has 4 aromatic rings. The summed E-state index contributed by atoms with van der Waals surface area (Å²) in [5, 5.41) is 1.26. The summed E-state index contributed by atoms with van der Waals surface area (Å²) in [6.45, 7) is 2.92. The smallest absolute Gasteiger partial charge is 0.159 e. The molecule has 34 heavy (non-hydrogen) atoms. The lowest BCUT2D eigenvalue weighted by Crippen LogP contribution is -1.96. The van der Waals surface area contributed by atoms with E-state index in [9.17, 15) is 8.78 Å². The zero-order chi connectivity index (χ0) is 23.8. The van der Waals surface area contributed by atoms with E-state index in [1.165, 1.54) is 25.0 Å². The highest BCUT2D eigenvalue weighted by molar-refractivity contribution is 5.84. The van der Waals surface area contributed by atoms with E-state index in [1.807, 2.05) is 48.5 Å². The normalized spacial score (nSPS) is 10.2. The van der Waals surface area contributed by atoms with E-state index in [2.05, 4.69) is 30.6 Å². The Labute approximate surface area is 199 Å². The van der Waals surface area contributed by atoms with Crippen molar-refractivity contribution in [2.75, 3.05) is 6.61 Å². The van der Waals surface area contributed by atoms with Crippen molar-refractivity contribution in [1.82, 2.24) is 0 Å². The van der Waals surface area contributed by atoms with E-state index in [4.69, 9.17) is 4.74 Å². The molecule has 0 aliphatic heterocycles. The highest BCUT2D eigenvalue weighted by atomic mass is 19.2. The first-order valence-corrected chi connectivity index (χ1v) is 11.4. The number of ether oxygens (including phenoxy) is 1. The lowest BCUT2D eigenvalue weighted by Gasteiger charge is -2.05. The van der Waals surface area contributed by atoms with Crippen LogP contribution >= 0.6 is 0 Å². The average molecular weight is 451 g/mol. The topological polar surface area (TPSA) is 9.23 Å². The molecular weight excluding hydrogens is 426 g/mol. The zero-order valence-corrected chi connectivity index (χ0v) is 19.0. The van der Waals surface area contributed by atoms with Crippen molar-refractivity contribution in [2.45, 2.75) is 26.2 Å². The molecule has 3 heteroatoms. The first-order chi connectivity index (χ1) is 16.6. The molecule has 4 aromatic carbocycles. The van der Waals surface area contributed by atoms with Crippen LogP contribution in [0.2, 0.25) is 0 Å². The van der Waals surface area contributed by atoms with Gasteiger partial charge in [0.2, 0.25) is 0 Å². The molecule has 0 bridgehead atoms. The number of unbranched alkanes of at least 4 members (excludes halogenated alkanes) is 2. The summed E-state index contributed by atoms with van der Waals surface area (Å²) in [6.07, 6.45) is 3.43. The first-order valence-electron chi connectivity index (χ1n) is 11.4. The van der Waals surface area contributed by atoms with Gasteiger partial charge < -0.3 is 4.74 Å². The summed E-state index contributed by atoms with van der Waals surface area (Å²) in [5.74, 6) is 11.7. The van der Waals surface area contributed by atoms with Crippen LogP contribution in [0.1, 0.15) is 48.4 Å². The molecule has 0 aliphatic rings. The number of benzene rings is 4. The fourth-order valence-corrected chi connectivity index (χ4v) is 3.42. The second-order valence-electron chi connectivity index (χ2n) is 7.99. The molecule has 0 atom stereocenters. The molecular formula is C31H24F2O. The maximum atomic E-state index is 13.5. The molecule has 0 unspecified atom stereocenters. The molecule has 0 aromatic heterocycles. The summed E-state index contributed by atoms with van der Waals surface area (Å²) < 4.78 is 32.6. The number of rotatable bonds is 5. The summed E-state index contributed by atoms with van der Waals surface area (Å²) in [4.78, 5) is 0. The molecule has 0 N–H and O–H groups in total. The summed E-state index contributed by atoms with van der Waals surface area (Å²) in [6, 6.07) is 23.2. The number of halogens is 2. The maximum absolute atomic E-state index is 13.5. The fourth-order valence-electron chi connectivity index (χ4n) is 3.42. The molecule has 0 heterocycles. The second kappa shape index (κ2) is 11.2. The predicted molar refractivity (Wildman–Crippen MR) is 134 cm³/mol.